The van der Waals surface area contributed by atoms with Gasteiger partial charge in [-0.1, -0.05) is 5.16 Å². The lowest BCUT2D eigenvalue weighted by molar-refractivity contribution is 0.0710. The summed E-state index contributed by atoms with van der Waals surface area (Å²) in [6.07, 6.45) is -1.04. The van der Waals surface area contributed by atoms with E-state index in [4.69, 9.17) is 4.52 Å². The standard InChI is InChI=1S/C20H21F2N3O2S/c1-10-7-16(28-12(10)3)20(26)25-6-4-5-13(9-25)15-8-14(18(21)22)17-11(2)24-27-19(17)23-15/h7-8,13,18H,4-6,9H2,1-3H3. The smallest absolute Gasteiger partial charge is 0.264 e. The van der Waals surface area contributed by atoms with E-state index in [-0.39, 0.29) is 28.5 Å². The second-order valence-electron chi connectivity index (χ2n) is 7.33. The highest BCUT2D eigenvalue weighted by atomic mass is 32.1. The highest BCUT2D eigenvalue weighted by Crippen LogP contribution is 2.35. The van der Waals surface area contributed by atoms with Crippen molar-refractivity contribution in [2.24, 2.45) is 0 Å². The summed E-state index contributed by atoms with van der Waals surface area (Å²) in [5.41, 5.74) is 2.09. The SMILES string of the molecule is Cc1cc(C(=O)N2CCCC(c3cc(C(F)F)c4c(C)noc4n3)C2)sc1C. The molecule has 0 N–H and O–H groups in total. The molecule has 4 heterocycles. The van der Waals surface area contributed by atoms with Crippen LogP contribution in [0.15, 0.2) is 16.7 Å². The van der Waals surface area contributed by atoms with E-state index in [1.54, 1.807) is 11.8 Å². The lowest BCUT2D eigenvalue weighted by atomic mass is 9.92. The van der Waals surface area contributed by atoms with Gasteiger partial charge >= 0.3 is 0 Å². The Kier molecular flexibility index (Phi) is 4.91. The van der Waals surface area contributed by atoms with Crippen LogP contribution in [-0.4, -0.2) is 34.0 Å². The summed E-state index contributed by atoms with van der Waals surface area (Å²) in [7, 11) is 0. The Bertz CT molecular complexity index is 1020. The Balaban J connectivity index is 1.63. The van der Waals surface area contributed by atoms with Gasteiger partial charge < -0.3 is 9.42 Å². The molecular weight excluding hydrogens is 384 g/mol. The summed E-state index contributed by atoms with van der Waals surface area (Å²) in [4.78, 5) is 21.0. The zero-order valence-corrected chi connectivity index (χ0v) is 16.8. The van der Waals surface area contributed by atoms with Crippen molar-refractivity contribution in [3.63, 3.8) is 0 Å². The Labute approximate surface area is 165 Å². The van der Waals surface area contributed by atoms with Gasteiger partial charge in [0.15, 0.2) is 0 Å². The van der Waals surface area contributed by atoms with Gasteiger partial charge in [0.05, 0.1) is 16.0 Å². The van der Waals surface area contributed by atoms with Crippen LogP contribution in [-0.2, 0) is 0 Å². The number of thiophene rings is 1. The van der Waals surface area contributed by atoms with Crippen LogP contribution in [0.4, 0.5) is 8.78 Å². The molecule has 28 heavy (non-hydrogen) atoms. The van der Waals surface area contributed by atoms with E-state index in [1.165, 1.54) is 17.4 Å². The summed E-state index contributed by atoms with van der Waals surface area (Å²) < 4.78 is 32.4. The fourth-order valence-corrected chi connectivity index (χ4v) is 4.77. The molecule has 1 aliphatic heterocycles. The summed E-state index contributed by atoms with van der Waals surface area (Å²) in [5, 5.41) is 4.07. The fourth-order valence-electron chi connectivity index (χ4n) is 3.77. The molecule has 4 rings (SSSR count). The van der Waals surface area contributed by atoms with Crippen molar-refractivity contribution >= 4 is 28.3 Å². The Morgan fingerprint density at radius 3 is 2.79 bits per heavy atom. The number of rotatable bonds is 3. The van der Waals surface area contributed by atoms with Crippen molar-refractivity contribution < 1.29 is 18.1 Å². The van der Waals surface area contributed by atoms with Crippen molar-refractivity contribution in [2.75, 3.05) is 13.1 Å². The maximum Gasteiger partial charge on any atom is 0.264 e. The average molecular weight is 405 g/mol. The monoisotopic (exact) mass is 405 g/mol. The number of pyridine rings is 1. The van der Waals surface area contributed by atoms with Gasteiger partial charge in [0.2, 0.25) is 0 Å². The molecule has 0 radical (unpaired) electrons. The maximum absolute atomic E-state index is 13.6. The first kappa shape index (κ1) is 19.0. The molecule has 0 spiro atoms. The lowest BCUT2D eigenvalue weighted by Gasteiger charge is -2.32. The van der Waals surface area contributed by atoms with E-state index in [0.717, 1.165) is 28.2 Å². The molecule has 148 valence electrons. The van der Waals surface area contributed by atoms with Crippen molar-refractivity contribution in [3.05, 3.63) is 44.4 Å². The van der Waals surface area contributed by atoms with Crippen LogP contribution < -0.4 is 0 Å². The van der Waals surface area contributed by atoms with Gasteiger partial charge in [0.1, 0.15) is 0 Å². The first-order valence-electron chi connectivity index (χ1n) is 9.26. The maximum atomic E-state index is 13.6. The summed E-state index contributed by atoms with van der Waals surface area (Å²) in [5.74, 6) is -0.108. The second kappa shape index (κ2) is 7.24. The molecule has 1 saturated heterocycles. The molecule has 8 heteroatoms. The third kappa shape index (κ3) is 3.30. The molecule has 1 amide bonds. The third-order valence-corrected chi connectivity index (χ3v) is 6.55. The molecule has 0 saturated carbocycles. The number of piperidine rings is 1. The normalized spacial score (nSPS) is 17.6. The number of hydrogen-bond donors (Lipinski definition) is 0. The van der Waals surface area contributed by atoms with E-state index in [2.05, 4.69) is 10.1 Å². The Morgan fingerprint density at radius 2 is 2.11 bits per heavy atom. The second-order valence-corrected chi connectivity index (χ2v) is 8.58. The largest absolute Gasteiger partial charge is 0.337 e. The molecule has 1 unspecified atom stereocenters. The van der Waals surface area contributed by atoms with Gasteiger partial charge in [-0.15, -0.1) is 11.3 Å². The van der Waals surface area contributed by atoms with Crippen molar-refractivity contribution in [2.45, 2.75) is 46.0 Å². The zero-order chi connectivity index (χ0) is 20.0. The minimum absolute atomic E-state index is 0.00318. The van der Waals surface area contributed by atoms with Crippen molar-refractivity contribution in [3.8, 4) is 0 Å². The fraction of sp³-hybridized carbons (Fsp3) is 0.450. The molecule has 1 aliphatic rings. The van der Waals surface area contributed by atoms with Gasteiger partial charge in [-0.2, -0.15) is 0 Å². The van der Waals surface area contributed by atoms with Crippen LogP contribution in [0.3, 0.4) is 0 Å². The number of hydrogen-bond acceptors (Lipinski definition) is 5. The van der Waals surface area contributed by atoms with Crippen LogP contribution in [0.1, 0.15) is 62.2 Å². The molecule has 3 aromatic rings. The number of carbonyl (C=O) groups is 1. The number of alkyl halides is 2. The molecule has 5 nitrogen and oxygen atoms in total. The summed E-state index contributed by atoms with van der Waals surface area (Å²) in [6.45, 7) is 6.75. The Hall–Kier alpha value is -2.35. The van der Waals surface area contributed by atoms with E-state index in [9.17, 15) is 13.6 Å². The summed E-state index contributed by atoms with van der Waals surface area (Å²) >= 11 is 1.49. The predicted molar refractivity (Wildman–Crippen MR) is 103 cm³/mol. The molecular formula is C20H21F2N3O2S. The number of amides is 1. The van der Waals surface area contributed by atoms with Gasteiger partial charge in [-0.3, -0.25) is 4.79 Å². The van der Waals surface area contributed by atoms with Gasteiger partial charge in [0, 0.05) is 35.1 Å². The van der Waals surface area contributed by atoms with Crippen LogP contribution in [0.5, 0.6) is 0 Å². The molecule has 3 aromatic heterocycles. The van der Waals surface area contributed by atoms with Crippen molar-refractivity contribution in [1.29, 1.82) is 0 Å². The quantitative estimate of drug-likeness (QED) is 0.603. The minimum atomic E-state index is -2.64. The topological polar surface area (TPSA) is 59.2 Å². The number of nitrogens with zero attached hydrogens (tertiary/aromatic N) is 3. The average Bonchev–Trinajstić information content (AvgIpc) is 3.23. The van der Waals surface area contributed by atoms with E-state index in [1.807, 2.05) is 19.9 Å². The first-order valence-corrected chi connectivity index (χ1v) is 10.1. The van der Waals surface area contributed by atoms with Crippen LogP contribution in [0.2, 0.25) is 0 Å². The summed E-state index contributed by atoms with van der Waals surface area (Å²) in [6, 6.07) is 3.37. The third-order valence-electron chi connectivity index (χ3n) is 5.41. The number of fused-ring (bicyclic) bond motifs is 1. The minimum Gasteiger partial charge on any atom is -0.337 e. The lowest BCUT2D eigenvalue weighted by Crippen LogP contribution is -2.39. The molecule has 0 aliphatic carbocycles. The van der Waals surface area contributed by atoms with E-state index < -0.39 is 6.43 Å². The number of carbonyl (C=O) groups excluding carboxylic acids is 1. The van der Waals surface area contributed by atoms with Crippen LogP contribution in [0, 0.1) is 20.8 Å². The van der Waals surface area contributed by atoms with E-state index >= 15 is 0 Å². The highest BCUT2D eigenvalue weighted by molar-refractivity contribution is 7.14. The van der Waals surface area contributed by atoms with E-state index in [0.29, 0.717) is 24.5 Å². The first-order chi connectivity index (χ1) is 13.3. The number of likely N-dealkylation sites (tertiary alicyclic amines) is 1. The van der Waals surface area contributed by atoms with Gasteiger partial charge in [0.25, 0.3) is 18.0 Å². The molecule has 1 atom stereocenters. The van der Waals surface area contributed by atoms with Crippen LogP contribution >= 0.6 is 11.3 Å². The molecule has 0 aromatic carbocycles. The van der Waals surface area contributed by atoms with Gasteiger partial charge in [-0.05, 0) is 51.3 Å². The van der Waals surface area contributed by atoms with Crippen LogP contribution in [0.25, 0.3) is 11.1 Å². The molecule has 0 bridgehead atoms. The number of halogens is 2. The van der Waals surface area contributed by atoms with Gasteiger partial charge in [-0.25, -0.2) is 13.8 Å². The highest BCUT2D eigenvalue weighted by Gasteiger charge is 2.29. The number of aryl methyl sites for hydroxylation is 3. The number of aromatic nitrogens is 2. The van der Waals surface area contributed by atoms with Crippen molar-refractivity contribution in [1.82, 2.24) is 15.0 Å². The zero-order valence-electron chi connectivity index (χ0n) is 16.0. The molecule has 1 fully saturated rings. The Morgan fingerprint density at radius 1 is 1.32 bits per heavy atom. The predicted octanol–water partition coefficient (Wildman–Crippen LogP) is 5.17.